The van der Waals surface area contributed by atoms with Gasteiger partial charge in [0.2, 0.25) is 0 Å². The lowest BCUT2D eigenvalue weighted by Gasteiger charge is -2.35. The quantitative estimate of drug-likeness (QED) is 0.913. The zero-order valence-electron chi connectivity index (χ0n) is 13.3. The van der Waals surface area contributed by atoms with Crippen LogP contribution in [0.5, 0.6) is 0 Å². The predicted molar refractivity (Wildman–Crippen MR) is 82.9 cm³/mol. The molecule has 112 valence electrons. The van der Waals surface area contributed by atoms with Crippen LogP contribution in [0.3, 0.4) is 0 Å². The van der Waals surface area contributed by atoms with Crippen LogP contribution in [-0.2, 0) is 19.5 Å². The van der Waals surface area contributed by atoms with Gasteiger partial charge < -0.3 is 9.88 Å². The fraction of sp³-hybridized carbons (Fsp3) is 0.824. The van der Waals surface area contributed by atoms with Crippen LogP contribution in [0.2, 0.25) is 0 Å². The minimum Gasteiger partial charge on any atom is -0.331 e. The number of imidazole rings is 1. The molecule has 0 amide bonds. The first-order valence-electron chi connectivity index (χ1n) is 8.38. The molecule has 20 heavy (non-hydrogen) atoms. The Hall–Kier alpha value is -0.830. The van der Waals surface area contributed by atoms with Crippen LogP contribution in [0, 0.1) is 5.41 Å². The molecule has 0 aromatic carbocycles. The summed E-state index contributed by atoms with van der Waals surface area (Å²) >= 11 is 0. The normalized spacial score (nSPS) is 22.0. The average Bonchev–Trinajstić information content (AvgIpc) is 2.78. The molecule has 0 spiro atoms. The summed E-state index contributed by atoms with van der Waals surface area (Å²) < 4.78 is 2.59. The molecule has 3 nitrogen and oxygen atoms in total. The van der Waals surface area contributed by atoms with Crippen LogP contribution in [-0.4, -0.2) is 16.1 Å². The first-order valence-corrected chi connectivity index (χ1v) is 8.38. The Labute approximate surface area is 123 Å². The van der Waals surface area contributed by atoms with E-state index in [1.54, 1.807) is 0 Å². The van der Waals surface area contributed by atoms with Crippen molar-refractivity contribution in [3.05, 3.63) is 17.2 Å². The van der Waals surface area contributed by atoms with E-state index in [0.29, 0.717) is 11.3 Å². The van der Waals surface area contributed by atoms with Gasteiger partial charge in [-0.15, -0.1) is 0 Å². The van der Waals surface area contributed by atoms with Gasteiger partial charge in [0.15, 0.2) is 0 Å². The number of rotatable bonds is 3. The summed E-state index contributed by atoms with van der Waals surface area (Å²) in [6, 6.07) is 0. The lowest BCUT2D eigenvalue weighted by atomic mass is 9.75. The van der Waals surface area contributed by atoms with Crippen molar-refractivity contribution in [3.63, 3.8) is 0 Å². The molecular weight excluding hydrogens is 246 g/mol. The Morgan fingerprint density at radius 2 is 2.00 bits per heavy atom. The van der Waals surface area contributed by atoms with E-state index in [4.69, 9.17) is 4.98 Å². The molecule has 1 saturated carbocycles. The molecule has 1 aromatic heterocycles. The number of nitrogens with one attached hydrogen (secondary N) is 1. The number of hydrogen-bond donors (Lipinski definition) is 1. The largest absolute Gasteiger partial charge is 0.331 e. The van der Waals surface area contributed by atoms with E-state index in [-0.39, 0.29) is 0 Å². The van der Waals surface area contributed by atoms with Crippen molar-refractivity contribution < 1.29 is 0 Å². The second-order valence-electron chi connectivity index (χ2n) is 7.40. The molecule has 1 aromatic rings. The Morgan fingerprint density at radius 1 is 1.25 bits per heavy atom. The van der Waals surface area contributed by atoms with Crippen molar-refractivity contribution in [2.75, 3.05) is 6.54 Å². The molecule has 0 bridgehead atoms. The van der Waals surface area contributed by atoms with Gasteiger partial charge in [-0.05, 0) is 18.3 Å². The molecule has 3 rings (SSSR count). The lowest BCUT2D eigenvalue weighted by molar-refractivity contribution is 0.178. The Morgan fingerprint density at radius 3 is 2.70 bits per heavy atom. The first kappa shape index (κ1) is 14.1. The SMILES string of the molecule is CC(C)c1nc2c(n1CC1(C)CCCCC1)CCNC2. The van der Waals surface area contributed by atoms with Crippen molar-refractivity contribution in [1.82, 2.24) is 14.9 Å². The van der Waals surface area contributed by atoms with E-state index in [1.807, 2.05) is 0 Å². The lowest BCUT2D eigenvalue weighted by Crippen LogP contribution is -2.30. The number of aromatic nitrogens is 2. The standard InChI is InChI=1S/C17H29N3/c1-13(2)16-19-14-11-18-10-7-15(14)20(16)12-17(3)8-5-4-6-9-17/h13,18H,4-12H2,1-3H3. The molecular formula is C17H29N3. The molecule has 1 N–H and O–H groups in total. The van der Waals surface area contributed by atoms with E-state index >= 15 is 0 Å². The van der Waals surface area contributed by atoms with Crippen molar-refractivity contribution in [1.29, 1.82) is 0 Å². The third kappa shape index (κ3) is 2.65. The van der Waals surface area contributed by atoms with Gasteiger partial charge in [0, 0.05) is 37.7 Å². The van der Waals surface area contributed by atoms with Crippen molar-refractivity contribution >= 4 is 0 Å². The molecule has 0 unspecified atom stereocenters. The van der Waals surface area contributed by atoms with Crippen LogP contribution in [0.15, 0.2) is 0 Å². The molecule has 0 atom stereocenters. The maximum atomic E-state index is 4.95. The van der Waals surface area contributed by atoms with Crippen LogP contribution in [0.25, 0.3) is 0 Å². The Kier molecular flexibility index (Phi) is 3.89. The van der Waals surface area contributed by atoms with E-state index in [0.717, 1.165) is 19.5 Å². The summed E-state index contributed by atoms with van der Waals surface area (Å²) in [5.74, 6) is 1.83. The number of nitrogens with zero attached hydrogens (tertiary/aromatic N) is 2. The second-order valence-corrected chi connectivity index (χ2v) is 7.40. The summed E-state index contributed by atoms with van der Waals surface area (Å²) in [5, 5.41) is 3.46. The maximum absolute atomic E-state index is 4.95. The van der Waals surface area contributed by atoms with Crippen LogP contribution < -0.4 is 5.32 Å². The van der Waals surface area contributed by atoms with Gasteiger partial charge in [0.1, 0.15) is 5.82 Å². The van der Waals surface area contributed by atoms with Gasteiger partial charge in [-0.1, -0.05) is 40.0 Å². The first-order chi connectivity index (χ1) is 9.59. The second kappa shape index (κ2) is 5.51. The zero-order valence-corrected chi connectivity index (χ0v) is 13.3. The summed E-state index contributed by atoms with van der Waals surface area (Å²) in [6.07, 6.45) is 8.16. The zero-order chi connectivity index (χ0) is 14.2. The smallest absolute Gasteiger partial charge is 0.111 e. The van der Waals surface area contributed by atoms with Crippen LogP contribution in [0.4, 0.5) is 0 Å². The number of hydrogen-bond acceptors (Lipinski definition) is 2. The van der Waals surface area contributed by atoms with Crippen molar-refractivity contribution in [3.8, 4) is 0 Å². The van der Waals surface area contributed by atoms with E-state index in [9.17, 15) is 0 Å². The molecule has 2 aliphatic rings. The molecule has 0 radical (unpaired) electrons. The summed E-state index contributed by atoms with van der Waals surface area (Å²) in [4.78, 5) is 4.95. The summed E-state index contributed by atoms with van der Waals surface area (Å²) in [7, 11) is 0. The molecule has 1 aliphatic heterocycles. The van der Waals surface area contributed by atoms with Gasteiger partial charge in [0.25, 0.3) is 0 Å². The third-order valence-electron chi connectivity index (χ3n) is 5.13. The monoisotopic (exact) mass is 275 g/mol. The molecule has 1 fully saturated rings. The highest BCUT2D eigenvalue weighted by Gasteiger charge is 2.30. The van der Waals surface area contributed by atoms with Gasteiger partial charge in [0.05, 0.1) is 5.69 Å². The van der Waals surface area contributed by atoms with Gasteiger partial charge in [-0.25, -0.2) is 4.98 Å². The summed E-state index contributed by atoms with van der Waals surface area (Å²) in [6.45, 7) is 10.3. The van der Waals surface area contributed by atoms with Crippen LogP contribution in [0.1, 0.15) is 76.0 Å². The highest BCUT2D eigenvalue weighted by molar-refractivity contribution is 5.22. The van der Waals surface area contributed by atoms with Crippen LogP contribution >= 0.6 is 0 Å². The maximum Gasteiger partial charge on any atom is 0.111 e. The topological polar surface area (TPSA) is 29.9 Å². The average molecular weight is 275 g/mol. The third-order valence-corrected chi connectivity index (χ3v) is 5.13. The number of fused-ring (bicyclic) bond motifs is 1. The minimum absolute atomic E-state index is 0.487. The molecule has 3 heteroatoms. The summed E-state index contributed by atoms with van der Waals surface area (Å²) in [5.41, 5.74) is 3.31. The van der Waals surface area contributed by atoms with Gasteiger partial charge in [-0.3, -0.25) is 0 Å². The fourth-order valence-electron chi connectivity index (χ4n) is 3.95. The van der Waals surface area contributed by atoms with E-state index in [1.165, 1.54) is 55.9 Å². The van der Waals surface area contributed by atoms with Crippen molar-refractivity contribution in [2.45, 2.75) is 78.3 Å². The highest BCUT2D eigenvalue weighted by Crippen LogP contribution is 2.38. The van der Waals surface area contributed by atoms with E-state index < -0.39 is 0 Å². The molecule has 1 aliphatic carbocycles. The van der Waals surface area contributed by atoms with E-state index in [2.05, 4.69) is 30.7 Å². The highest BCUT2D eigenvalue weighted by atomic mass is 15.1. The van der Waals surface area contributed by atoms with Gasteiger partial charge in [-0.2, -0.15) is 0 Å². The Bertz CT molecular complexity index is 467. The molecule has 2 heterocycles. The minimum atomic E-state index is 0.487. The fourth-order valence-corrected chi connectivity index (χ4v) is 3.95. The van der Waals surface area contributed by atoms with Gasteiger partial charge >= 0.3 is 0 Å². The Balaban J connectivity index is 1.92. The van der Waals surface area contributed by atoms with Crippen molar-refractivity contribution in [2.24, 2.45) is 5.41 Å². The molecule has 0 saturated heterocycles. The predicted octanol–water partition coefficient (Wildman–Crippen LogP) is 3.62.